The van der Waals surface area contributed by atoms with Crippen molar-refractivity contribution < 1.29 is 29.9 Å². The summed E-state index contributed by atoms with van der Waals surface area (Å²) >= 11 is 0. The van der Waals surface area contributed by atoms with Gasteiger partial charge in [-0.15, -0.1) is 0 Å². The predicted molar refractivity (Wildman–Crippen MR) is 40.8 cm³/mol. The molecular weight excluding hydrogens is 180 g/mol. The van der Waals surface area contributed by atoms with E-state index in [1.807, 2.05) is 0 Å². The number of ether oxygens (including phenoxy) is 2. The van der Waals surface area contributed by atoms with E-state index in [0.717, 1.165) is 0 Å². The van der Waals surface area contributed by atoms with Gasteiger partial charge in [0.2, 0.25) is 0 Å². The summed E-state index contributed by atoms with van der Waals surface area (Å²) in [6, 6.07) is 0. The maximum Gasteiger partial charge on any atom is 0.184 e. The number of aliphatic hydroxyl groups is 4. The van der Waals surface area contributed by atoms with E-state index in [-0.39, 0.29) is 0 Å². The minimum atomic E-state index is -1.44. The summed E-state index contributed by atoms with van der Waals surface area (Å²) in [6.07, 6.45) is -5.76. The fraction of sp³-hybridized carbons (Fsp3) is 1.00. The molecule has 13 heavy (non-hydrogen) atoms. The molecule has 0 aromatic carbocycles. The number of aliphatic hydroxyl groups excluding tert-OH is 4. The Morgan fingerprint density at radius 3 is 2.31 bits per heavy atom. The molecular formula is C7H14O6. The van der Waals surface area contributed by atoms with Gasteiger partial charge in [-0.1, -0.05) is 0 Å². The molecule has 0 aromatic rings. The van der Waals surface area contributed by atoms with Crippen LogP contribution in [0.15, 0.2) is 0 Å². The zero-order chi connectivity index (χ0) is 10.0. The average molecular weight is 194 g/mol. The molecule has 1 rings (SSSR count). The third-order valence-electron chi connectivity index (χ3n) is 2.11. The van der Waals surface area contributed by atoms with Crippen LogP contribution in [0.5, 0.6) is 0 Å². The van der Waals surface area contributed by atoms with Crippen molar-refractivity contribution in [1.29, 1.82) is 0 Å². The second-order valence-electron chi connectivity index (χ2n) is 2.93. The van der Waals surface area contributed by atoms with Crippen LogP contribution < -0.4 is 0 Å². The van der Waals surface area contributed by atoms with Crippen LogP contribution in [0.2, 0.25) is 0 Å². The van der Waals surface area contributed by atoms with Crippen LogP contribution in [-0.2, 0) is 9.47 Å². The normalized spacial score (nSPS) is 46.4. The molecule has 0 unspecified atom stereocenters. The monoisotopic (exact) mass is 194 g/mol. The Morgan fingerprint density at radius 1 is 1.23 bits per heavy atom. The summed E-state index contributed by atoms with van der Waals surface area (Å²) in [5.74, 6) is 0. The van der Waals surface area contributed by atoms with E-state index in [1.54, 1.807) is 0 Å². The van der Waals surface area contributed by atoms with E-state index in [0.29, 0.717) is 0 Å². The van der Waals surface area contributed by atoms with E-state index in [1.165, 1.54) is 7.11 Å². The molecule has 0 radical (unpaired) electrons. The van der Waals surface area contributed by atoms with Crippen molar-refractivity contribution >= 4 is 0 Å². The Bertz CT molecular complexity index is 163. The molecule has 4 N–H and O–H groups in total. The topological polar surface area (TPSA) is 99.4 Å². The van der Waals surface area contributed by atoms with Crippen molar-refractivity contribution in [1.82, 2.24) is 0 Å². The maximum atomic E-state index is 9.44. The zero-order valence-electron chi connectivity index (χ0n) is 7.20. The van der Waals surface area contributed by atoms with Gasteiger partial charge in [0.1, 0.15) is 24.4 Å². The van der Waals surface area contributed by atoms with Gasteiger partial charge in [0, 0.05) is 7.11 Å². The number of hydrogen-bond acceptors (Lipinski definition) is 6. The zero-order valence-corrected chi connectivity index (χ0v) is 7.20. The number of methoxy groups -OCH3 is 1. The van der Waals surface area contributed by atoms with Gasteiger partial charge in [0.05, 0.1) is 6.61 Å². The van der Waals surface area contributed by atoms with Crippen molar-refractivity contribution in [3.8, 4) is 0 Å². The highest BCUT2D eigenvalue weighted by molar-refractivity contribution is 4.89. The lowest BCUT2D eigenvalue weighted by atomic mass is 9.99. The minimum Gasteiger partial charge on any atom is -0.394 e. The first-order valence-corrected chi connectivity index (χ1v) is 3.95. The summed E-state index contributed by atoms with van der Waals surface area (Å²) in [6.45, 7) is -0.440. The maximum absolute atomic E-state index is 9.44. The van der Waals surface area contributed by atoms with Gasteiger partial charge in [0.15, 0.2) is 6.29 Å². The van der Waals surface area contributed by atoms with Crippen molar-refractivity contribution in [2.24, 2.45) is 0 Å². The van der Waals surface area contributed by atoms with Crippen LogP contribution in [0, 0.1) is 0 Å². The van der Waals surface area contributed by atoms with Crippen LogP contribution >= 0.6 is 0 Å². The lowest BCUT2D eigenvalue weighted by molar-refractivity contribution is -0.290. The van der Waals surface area contributed by atoms with E-state index >= 15 is 0 Å². The first-order valence-electron chi connectivity index (χ1n) is 3.95. The second kappa shape index (κ2) is 4.32. The van der Waals surface area contributed by atoms with Crippen molar-refractivity contribution in [2.75, 3.05) is 13.7 Å². The van der Waals surface area contributed by atoms with Crippen molar-refractivity contribution in [2.45, 2.75) is 30.7 Å². The quantitative estimate of drug-likeness (QED) is 0.386. The van der Waals surface area contributed by atoms with Crippen LogP contribution in [0.3, 0.4) is 0 Å². The molecule has 0 spiro atoms. The Balaban J connectivity index is 2.69. The van der Waals surface area contributed by atoms with Gasteiger partial charge in [-0.3, -0.25) is 0 Å². The Hall–Kier alpha value is -0.240. The molecule has 0 bridgehead atoms. The molecule has 6 nitrogen and oxygen atoms in total. The van der Waals surface area contributed by atoms with Crippen LogP contribution in [0.25, 0.3) is 0 Å². The molecule has 0 amide bonds. The fourth-order valence-electron chi connectivity index (χ4n) is 1.35. The summed E-state index contributed by atoms with van der Waals surface area (Å²) in [7, 11) is 1.30. The van der Waals surface area contributed by atoms with Crippen molar-refractivity contribution in [3.05, 3.63) is 0 Å². The van der Waals surface area contributed by atoms with E-state index in [9.17, 15) is 10.2 Å². The molecule has 1 aliphatic heterocycles. The van der Waals surface area contributed by atoms with Gasteiger partial charge < -0.3 is 29.9 Å². The molecule has 1 aliphatic rings. The van der Waals surface area contributed by atoms with Gasteiger partial charge in [0.25, 0.3) is 0 Å². The molecule has 1 heterocycles. The van der Waals surface area contributed by atoms with E-state index in [2.05, 4.69) is 0 Å². The third-order valence-corrected chi connectivity index (χ3v) is 2.11. The van der Waals surface area contributed by atoms with Crippen molar-refractivity contribution in [3.63, 3.8) is 0 Å². The molecule has 0 aromatic heterocycles. The first-order chi connectivity index (χ1) is 6.11. The molecule has 5 atom stereocenters. The largest absolute Gasteiger partial charge is 0.394 e. The summed E-state index contributed by atoms with van der Waals surface area (Å²) in [4.78, 5) is 0. The average Bonchev–Trinajstić information content (AvgIpc) is 2.12. The molecule has 78 valence electrons. The van der Waals surface area contributed by atoms with E-state index in [4.69, 9.17) is 19.7 Å². The first kappa shape index (κ1) is 10.8. The van der Waals surface area contributed by atoms with Gasteiger partial charge in [-0.2, -0.15) is 0 Å². The smallest absolute Gasteiger partial charge is 0.184 e. The highest BCUT2D eigenvalue weighted by Crippen LogP contribution is 2.21. The van der Waals surface area contributed by atoms with Crippen LogP contribution in [-0.4, -0.2) is 64.8 Å². The standard InChI is InChI=1S/C7H14O6/c1-12-6-4(9)3(2-8)13-7(11)5(6)10/h3-11H,2H2,1H3/t3-,4+,5+,6+,7+/m0/s1. The summed E-state index contributed by atoms with van der Waals surface area (Å²) < 4.78 is 9.48. The van der Waals surface area contributed by atoms with Crippen LogP contribution in [0.4, 0.5) is 0 Å². The molecule has 1 fully saturated rings. The lowest BCUT2D eigenvalue weighted by Crippen LogP contribution is -2.59. The third kappa shape index (κ3) is 1.98. The van der Waals surface area contributed by atoms with E-state index < -0.39 is 37.3 Å². The van der Waals surface area contributed by atoms with Crippen LogP contribution in [0.1, 0.15) is 0 Å². The Kier molecular flexibility index (Phi) is 3.60. The second-order valence-corrected chi connectivity index (χ2v) is 2.93. The highest BCUT2D eigenvalue weighted by Gasteiger charge is 2.43. The molecule has 1 saturated heterocycles. The van der Waals surface area contributed by atoms with Gasteiger partial charge in [-0.25, -0.2) is 0 Å². The summed E-state index contributed by atoms with van der Waals surface area (Å²) in [5, 5.41) is 36.6. The van der Waals surface area contributed by atoms with Gasteiger partial charge >= 0.3 is 0 Å². The number of rotatable bonds is 2. The Labute approximate surface area is 75.3 Å². The fourth-order valence-corrected chi connectivity index (χ4v) is 1.35. The predicted octanol–water partition coefficient (Wildman–Crippen LogP) is -2.57. The summed E-state index contributed by atoms with van der Waals surface area (Å²) in [5.41, 5.74) is 0. The number of hydrogen-bond donors (Lipinski definition) is 4. The van der Waals surface area contributed by atoms with Gasteiger partial charge in [-0.05, 0) is 0 Å². The molecule has 0 aliphatic carbocycles. The molecule has 6 heteroatoms. The Morgan fingerprint density at radius 2 is 1.85 bits per heavy atom. The molecule has 0 saturated carbocycles. The SMILES string of the molecule is CO[C@H]1[C@@H](O)[C@H](O)O[C@@H](CO)[C@H]1O. The highest BCUT2D eigenvalue weighted by atomic mass is 16.6. The minimum absolute atomic E-state index is 0.440. The lowest BCUT2D eigenvalue weighted by Gasteiger charge is -2.39.